The van der Waals surface area contributed by atoms with Gasteiger partial charge in [-0.2, -0.15) is 0 Å². The minimum absolute atomic E-state index is 0.0852. The SMILES string of the molecule is COCCOCC(N)C(C)CCOC. The van der Waals surface area contributed by atoms with Crippen molar-refractivity contribution in [3.8, 4) is 0 Å². The van der Waals surface area contributed by atoms with Gasteiger partial charge in [0.15, 0.2) is 0 Å². The third-order valence-corrected chi connectivity index (χ3v) is 2.25. The van der Waals surface area contributed by atoms with Crippen LogP contribution in [-0.4, -0.2) is 46.7 Å². The Morgan fingerprint density at radius 2 is 1.71 bits per heavy atom. The number of methoxy groups -OCH3 is 2. The summed E-state index contributed by atoms with van der Waals surface area (Å²) in [5.74, 6) is 0.428. The maximum atomic E-state index is 5.92. The van der Waals surface area contributed by atoms with Crippen LogP contribution in [0.15, 0.2) is 0 Å². The van der Waals surface area contributed by atoms with E-state index in [-0.39, 0.29) is 6.04 Å². The van der Waals surface area contributed by atoms with Gasteiger partial charge in [0.05, 0.1) is 19.8 Å². The molecule has 4 nitrogen and oxygen atoms in total. The maximum absolute atomic E-state index is 5.92. The van der Waals surface area contributed by atoms with Gasteiger partial charge >= 0.3 is 0 Å². The molecule has 4 heteroatoms. The molecule has 0 aliphatic carbocycles. The van der Waals surface area contributed by atoms with E-state index in [1.54, 1.807) is 14.2 Å². The fourth-order valence-electron chi connectivity index (χ4n) is 1.04. The van der Waals surface area contributed by atoms with Crippen LogP contribution in [-0.2, 0) is 14.2 Å². The first-order valence-electron chi connectivity index (χ1n) is 5.03. The zero-order valence-electron chi connectivity index (χ0n) is 9.49. The van der Waals surface area contributed by atoms with Crippen LogP contribution in [0, 0.1) is 5.92 Å². The molecule has 2 unspecified atom stereocenters. The second-order valence-electron chi connectivity index (χ2n) is 3.49. The molecule has 0 radical (unpaired) electrons. The van der Waals surface area contributed by atoms with Crippen molar-refractivity contribution >= 4 is 0 Å². The van der Waals surface area contributed by atoms with Crippen LogP contribution in [0.25, 0.3) is 0 Å². The van der Waals surface area contributed by atoms with Gasteiger partial charge in [0.2, 0.25) is 0 Å². The van der Waals surface area contributed by atoms with Gasteiger partial charge in [0.1, 0.15) is 0 Å². The Balaban J connectivity index is 3.36. The summed E-state index contributed by atoms with van der Waals surface area (Å²) in [5, 5.41) is 0. The van der Waals surface area contributed by atoms with Crippen molar-refractivity contribution in [2.24, 2.45) is 11.7 Å². The molecule has 0 rings (SSSR count). The molecule has 0 aromatic heterocycles. The number of nitrogens with two attached hydrogens (primary N) is 1. The molecule has 0 fully saturated rings. The highest BCUT2D eigenvalue weighted by Gasteiger charge is 2.12. The summed E-state index contributed by atoms with van der Waals surface area (Å²) in [7, 11) is 3.36. The molecule has 0 bridgehead atoms. The van der Waals surface area contributed by atoms with Crippen molar-refractivity contribution in [1.82, 2.24) is 0 Å². The molecule has 0 aromatic rings. The maximum Gasteiger partial charge on any atom is 0.0701 e. The highest BCUT2D eigenvalue weighted by molar-refractivity contribution is 4.68. The van der Waals surface area contributed by atoms with Gasteiger partial charge in [0.25, 0.3) is 0 Å². The van der Waals surface area contributed by atoms with Crippen molar-refractivity contribution in [3.05, 3.63) is 0 Å². The normalized spacial score (nSPS) is 15.4. The molecule has 2 N–H and O–H groups in total. The quantitative estimate of drug-likeness (QED) is 0.561. The Morgan fingerprint density at radius 3 is 2.29 bits per heavy atom. The molecule has 0 amide bonds. The Labute approximate surface area is 86.7 Å². The summed E-state index contributed by atoms with van der Waals surface area (Å²) < 4.78 is 15.2. The van der Waals surface area contributed by atoms with E-state index in [1.807, 2.05) is 0 Å². The number of hydrogen-bond acceptors (Lipinski definition) is 4. The molecular formula is C10H23NO3. The predicted molar refractivity (Wildman–Crippen MR) is 56.3 cm³/mol. The third kappa shape index (κ3) is 7.26. The Hall–Kier alpha value is -0.160. The number of rotatable bonds is 9. The zero-order chi connectivity index (χ0) is 10.8. The number of hydrogen-bond donors (Lipinski definition) is 1. The highest BCUT2D eigenvalue weighted by Crippen LogP contribution is 2.06. The zero-order valence-corrected chi connectivity index (χ0v) is 9.49. The van der Waals surface area contributed by atoms with E-state index in [9.17, 15) is 0 Å². The monoisotopic (exact) mass is 205 g/mol. The van der Waals surface area contributed by atoms with E-state index < -0.39 is 0 Å². The third-order valence-electron chi connectivity index (χ3n) is 2.25. The largest absolute Gasteiger partial charge is 0.385 e. The average Bonchev–Trinajstić information content (AvgIpc) is 2.20. The smallest absolute Gasteiger partial charge is 0.0701 e. The summed E-state index contributed by atoms with van der Waals surface area (Å²) in [5.41, 5.74) is 5.92. The molecule has 0 aliphatic rings. The van der Waals surface area contributed by atoms with E-state index in [0.29, 0.717) is 25.7 Å². The van der Waals surface area contributed by atoms with E-state index >= 15 is 0 Å². The standard InChI is InChI=1S/C10H23NO3/c1-9(4-5-12-2)10(11)8-14-7-6-13-3/h9-10H,4-8,11H2,1-3H3. The minimum Gasteiger partial charge on any atom is -0.385 e. The van der Waals surface area contributed by atoms with Crippen molar-refractivity contribution in [2.75, 3.05) is 40.6 Å². The summed E-state index contributed by atoms with van der Waals surface area (Å²) >= 11 is 0. The summed E-state index contributed by atoms with van der Waals surface area (Å²) in [6.45, 7) is 4.70. The molecule has 0 aromatic carbocycles. The molecule has 14 heavy (non-hydrogen) atoms. The first-order valence-corrected chi connectivity index (χ1v) is 5.03. The minimum atomic E-state index is 0.0852. The molecule has 86 valence electrons. The van der Waals surface area contributed by atoms with Gasteiger partial charge in [-0.15, -0.1) is 0 Å². The first-order chi connectivity index (χ1) is 6.72. The van der Waals surface area contributed by atoms with Crippen LogP contribution in [0.4, 0.5) is 0 Å². The molecule has 2 atom stereocenters. The summed E-state index contributed by atoms with van der Waals surface area (Å²) in [6, 6.07) is 0.0852. The summed E-state index contributed by atoms with van der Waals surface area (Å²) in [4.78, 5) is 0. The second-order valence-corrected chi connectivity index (χ2v) is 3.49. The Kier molecular flexibility index (Phi) is 9.29. The lowest BCUT2D eigenvalue weighted by Crippen LogP contribution is -2.34. The lowest BCUT2D eigenvalue weighted by Gasteiger charge is -2.19. The van der Waals surface area contributed by atoms with Crippen LogP contribution < -0.4 is 5.73 Å². The second kappa shape index (κ2) is 9.40. The average molecular weight is 205 g/mol. The van der Waals surface area contributed by atoms with Crippen LogP contribution in [0.1, 0.15) is 13.3 Å². The van der Waals surface area contributed by atoms with Crippen molar-refractivity contribution < 1.29 is 14.2 Å². The number of ether oxygens (including phenoxy) is 3. The fraction of sp³-hybridized carbons (Fsp3) is 1.00. The van der Waals surface area contributed by atoms with E-state index in [2.05, 4.69) is 6.92 Å². The van der Waals surface area contributed by atoms with Crippen molar-refractivity contribution in [2.45, 2.75) is 19.4 Å². The molecule has 0 heterocycles. The van der Waals surface area contributed by atoms with E-state index in [1.165, 1.54) is 0 Å². The van der Waals surface area contributed by atoms with Crippen molar-refractivity contribution in [1.29, 1.82) is 0 Å². The van der Waals surface area contributed by atoms with Gasteiger partial charge in [-0.1, -0.05) is 6.92 Å². The topological polar surface area (TPSA) is 53.7 Å². The first kappa shape index (κ1) is 13.8. The molecule has 0 aliphatic heterocycles. The highest BCUT2D eigenvalue weighted by atomic mass is 16.5. The summed E-state index contributed by atoms with van der Waals surface area (Å²) in [6.07, 6.45) is 0.977. The van der Waals surface area contributed by atoms with Crippen LogP contribution in [0.5, 0.6) is 0 Å². The van der Waals surface area contributed by atoms with Gasteiger partial charge in [-0.3, -0.25) is 0 Å². The lowest BCUT2D eigenvalue weighted by atomic mass is 10.0. The fourth-order valence-corrected chi connectivity index (χ4v) is 1.04. The lowest BCUT2D eigenvalue weighted by molar-refractivity contribution is 0.0539. The molecule has 0 saturated carbocycles. The van der Waals surface area contributed by atoms with Gasteiger partial charge in [0, 0.05) is 26.9 Å². The van der Waals surface area contributed by atoms with Crippen molar-refractivity contribution in [3.63, 3.8) is 0 Å². The molecule has 0 spiro atoms. The van der Waals surface area contributed by atoms with Gasteiger partial charge < -0.3 is 19.9 Å². The Morgan fingerprint density at radius 1 is 1.07 bits per heavy atom. The van der Waals surface area contributed by atoms with E-state index in [0.717, 1.165) is 13.0 Å². The van der Waals surface area contributed by atoms with E-state index in [4.69, 9.17) is 19.9 Å². The Bertz CT molecular complexity index is 122. The van der Waals surface area contributed by atoms with Crippen LogP contribution in [0.3, 0.4) is 0 Å². The molecule has 0 saturated heterocycles. The van der Waals surface area contributed by atoms with Crippen LogP contribution >= 0.6 is 0 Å². The van der Waals surface area contributed by atoms with Crippen LogP contribution in [0.2, 0.25) is 0 Å². The van der Waals surface area contributed by atoms with Gasteiger partial charge in [-0.25, -0.2) is 0 Å². The predicted octanol–water partition coefficient (Wildman–Crippen LogP) is 0.649. The molecular weight excluding hydrogens is 182 g/mol. The van der Waals surface area contributed by atoms with Gasteiger partial charge in [-0.05, 0) is 12.3 Å².